The first-order chi connectivity index (χ1) is 13.9. The highest BCUT2D eigenvalue weighted by Crippen LogP contribution is 2.28. The average molecular weight is 422 g/mol. The summed E-state index contributed by atoms with van der Waals surface area (Å²) >= 11 is 1.55. The van der Waals surface area contributed by atoms with E-state index in [2.05, 4.69) is 15.1 Å². The number of hydrogen-bond acceptors (Lipinski definition) is 6. The minimum absolute atomic E-state index is 0.144. The molecule has 152 valence electrons. The van der Waals surface area contributed by atoms with E-state index < -0.39 is 11.9 Å². The van der Waals surface area contributed by atoms with Crippen molar-refractivity contribution in [1.29, 1.82) is 0 Å². The smallest absolute Gasteiger partial charge is 0.339 e. The van der Waals surface area contributed by atoms with Gasteiger partial charge in [0.25, 0.3) is 5.91 Å². The van der Waals surface area contributed by atoms with Gasteiger partial charge < -0.3 is 9.42 Å². The van der Waals surface area contributed by atoms with Crippen LogP contribution in [0.1, 0.15) is 34.8 Å². The number of carbonyl (C=O) groups is 1. The number of likely N-dealkylation sites (tertiary alicyclic amines) is 1. The molecule has 1 amide bonds. The number of halogens is 3. The largest absolute Gasteiger partial charge is 0.433 e. The molecule has 0 bridgehead atoms. The first-order valence-corrected chi connectivity index (χ1v) is 10.0. The number of nitrogens with zero attached hydrogens (tertiary/aromatic N) is 4. The van der Waals surface area contributed by atoms with E-state index in [1.54, 1.807) is 16.2 Å². The summed E-state index contributed by atoms with van der Waals surface area (Å²) in [6.45, 7) is 1.04. The molecule has 1 saturated heterocycles. The van der Waals surface area contributed by atoms with Gasteiger partial charge in [-0.15, -0.1) is 0 Å². The summed E-state index contributed by atoms with van der Waals surface area (Å²) in [6.07, 6.45) is -1.28. The third-order valence-electron chi connectivity index (χ3n) is 4.82. The van der Waals surface area contributed by atoms with Crippen LogP contribution in [0.5, 0.6) is 0 Å². The normalized spacial score (nSPS) is 17.5. The molecule has 10 heteroatoms. The van der Waals surface area contributed by atoms with E-state index >= 15 is 0 Å². The van der Waals surface area contributed by atoms with Crippen molar-refractivity contribution in [3.63, 3.8) is 0 Å². The molecule has 0 unspecified atom stereocenters. The summed E-state index contributed by atoms with van der Waals surface area (Å²) in [5.74, 6) is 0.883. The Morgan fingerprint density at radius 1 is 1.31 bits per heavy atom. The molecule has 3 aromatic rings. The molecule has 0 aromatic carbocycles. The summed E-state index contributed by atoms with van der Waals surface area (Å²) in [4.78, 5) is 22.1. The van der Waals surface area contributed by atoms with E-state index in [0.29, 0.717) is 31.2 Å². The van der Waals surface area contributed by atoms with Gasteiger partial charge in [0, 0.05) is 36.7 Å². The molecule has 1 atom stereocenters. The number of hydrogen-bond donors (Lipinski definition) is 0. The number of carbonyl (C=O) groups excluding carboxylic acids is 1. The van der Waals surface area contributed by atoms with E-state index in [4.69, 9.17) is 4.52 Å². The van der Waals surface area contributed by atoms with Crippen molar-refractivity contribution >= 4 is 17.2 Å². The molecular formula is C19H17F3N4O2S. The number of piperidine rings is 1. The maximum absolute atomic E-state index is 12.7. The second-order valence-corrected chi connectivity index (χ2v) is 7.70. The Kier molecular flexibility index (Phi) is 5.35. The molecule has 0 saturated carbocycles. The monoisotopic (exact) mass is 422 g/mol. The van der Waals surface area contributed by atoms with Crippen molar-refractivity contribution in [3.8, 4) is 11.4 Å². The SMILES string of the molecule is O=C(c1ccc(C(F)(F)F)nc1)N1CCC[C@@H](Cc2nc(-c3ccsc3)no2)C1. The zero-order valence-corrected chi connectivity index (χ0v) is 16.0. The second kappa shape index (κ2) is 7.94. The predicted octanol–water partition coefficient (Wildman–Crippen LogP) is 4.31. The van der Waals surface area contributed by atoms with E-state index in [9.17, 15) is 18.0 Å². The van der Waals surface area contributed by atoms with Crippen LogP contribution in [0, 0.1) is 5.92 Å². The third kappa shape index (κ3) is 4.47. The Morgan fingerprint density at radius 3 is 2.86 bits per heavy atom. The molecule has 29 heavy (non-hydrogen) atoms. The van der Waals surface area contributed by atoms with Crippen LogP contribution >= 0.6 is 11.3 Å². The molecule has 0 radical (unpaired) electrons. The molecule has 0 spiro atoms. The minimum Gasteiger partial charge on any atom is -0.339 e. The van der Waals surface area contributed by atoms with Crippen molar-refractivity contribution in [3.05, 3.63) is 52.3 Å². The summed E-state index contributed by atoms with van der Waals surface area (Å²) in [6, 6.07) is 3.92. The number of aromatic nitrogens is 3. The standard InChI is InChI=1S/C19H17F3N4O2S/c20-19(21,22)15-4-3-13(9-23-15)18(27)26-6-1-2-12(10-26)8-16-24-17(25-28-16)14-5-7-29-11-14/h3-5,7,9,11-12H,1-2,6,8,10H2/t12-/m0/s1. The number of pyridine rings is 1. The van der Waals surface area contributed by atoms with Gasteiger partial charge in [0.1, 0.15) is 5.69 Å². The van der Waals surface area contributed by atoms with E-state index in [-0.39, 0.29) is 17.4 Å². The molecule has 0 aliphatic carbocycles. The molecule has 1 aliphatic rings. The Balaban J connectivity index is 1.40. The van der Waals surface area contributed by atoms with Crippen molar-refractivity contribution in [1.82, 2.24) is 20.0 Å². The van der Waals surface area contributed by atoms with Gasteiger partial charge in [-0.2, -0.15) is 29.5 Å². The summed E-state index contributed by atoms with van der Waals surface area (Å²) in [7, 11) is 0. The van der Waals surface area contributed by atoms with E-state index in [1.165, 1.54) is 6.07 Å². The van der Waals surface area contributed by atoms with Crippen LogP contribution in [0.15, 0.2) is 39.7 Å². The van der Waals surface area contributed by atoms with Crippen molar-refractivity contribution in [2.75, 3.05) is 13.1 Å². The predicted molar refractivity (Wildman–Crippen MR) is 99.2 cm³/mol. The van der Waals surface area contributed by atoms with E-state index in [1.807, 2.05) is 16.8 Å². The lowest BCUT2D eigenvalue weighted by Gasteiger charge is -2.32. The Bertz CT molecular complexity index is 970. The van der Waals surface area contributed by atoms with Crippen LogP contribution in [0.2, 0.25) is 0 Å². The van der Waals surface area contributed by atoms with Gasteiger partial charge in [-0.25, -0.2) is 0 Å². The first-order valence-electron chi connectivity index (χ1n) is 9.08. The number of amides is 1. The van der Waals surface area contributed by atoms with Crippen molar-refractivity contribution in [2.45, 2.75) is 25.4 Å². The molecule has 3 aromatic heterocycles. The lowest BCUT2D eigenvalue weighted by Crippen LogP contribution is -2.40. The van der Waals surface area contributed by atoms with Crippen molar-refractivity contribution in [2.24, 2.45) is 5.92 Å². The molecular weight excluding hydrogens is 405 g/mol. The zero-order valence-electron chi connectivity index (χ0n) is 15.2. The molecule has 1 aliphatic heterocycles. The van der Waals surface area contributed by atoms with Gasteiger partial charge in [-0.1, -0.05) is 5.16 Å². The van der Waals surface area contributed by atoms with Crippen LogP contribution in [0.4, 0.5) is 13.2 Å². The van der Waals surface area contributed by atoms with E-state index in [0.717, 1.165) is 30.7 Å². The Labute approximate surface area is 168 Å². The minimum atomic E-state index is -4.52. The quantitative estimate of drug-likeness (QED) is 0.627. The van der Waals surface area contributed by atoms with Crippen molar-refractivity contribution < 1.29 is 22.5 Å². The first kappa shape index (κ1) is 19.6. The second-order valence-electron chi connectivity index (χ2n) is 6.92. The number of alkyl halides is 3. The van der Waals surface area contributed by atoms with Gasteiger partial charge in [-0.3, -0.25) is 9.78 Å². The highest BCUT2D eigenvalue weighted by molar-refractivity contribution is 7.08. The van der Waals surface area contributed by atoms with Crippen LogP contribution in [-0.2, 0) is 12.6 Å². The van der Waals surface area contributed by atoms with Crippen LogP contribution in [-0.4, -0.2) is 39.0 Å². The number of rotatable bonds is 4. The molecule has 4 rings (SSSR count). The maximum Gasteiger partial charge on any atom is 0.433 e. The Morgan fingerprint density at radius 2 is 2.17 bits per heavy atom. The third-order valence-corrected chi connectivity index (χ3v) is 5.50. The summed E-state index contributed by atoms with van der Waals surface area (Å²) < 4.78 is 43.3. The highest BCUT2D eigenvalue weighted by atomic mass is 32.1. The highest BCUT2D eigenvalue weighted by Gasteiger charge is 2.33. The maximum atomic E-state index is 12.7. The number of thiophene rings is 1. The Hall–Kier alpha value is -2.75. The fourth-order valence-electron chi connectivity index (χ4n) is 3.38. The molecule has 6 nitrogen and oxygen atoms in total. The van der Waals surface area contributed by atoms with Gasteiger partial charge >= 0.3 is 6.18 Å². The van der Waals surface area contributed by atoms with Crippen LogP contribution in [0.25, 0.3) is 11.4 Å². The summed E-state index contributed by atoms with van der Waals surface area (Å²) in [5, 5.41) is 7.87. The van der Waals surface area contributed by atoms with Gasteiger partial charge in [0.05, 0.1) is 5.56 Å². The van der Waals surface area contributed by atoms with Gasteiger partial charge in [0.2, 0.25) is 11.7 Å². The zero-order chi connectivity index (χ0) is 20.4. The topological polar surface area (TPSA) is 72.1 Å². The fraction of sp³-hybridized carbons (Fsp3) is 0.368. The summed E-state index contributed by atoms with van der Waals surface area (Å²) in [5.41, 5.74) is 0.0415. The van der Waals surface area contributed by atoms with Crippen LogP contribution < -0.4 is 0 Å². The molecule has 4 heterocycles. The lowest BCUT2D eigenvalue weighted by atomic mass is 9.94. The molecule has 1 fully saturated rings. The lowest BCUT2D eigenvalue weighted by molar-refractivity contribution is -0.141. The fourth-order valence-corrected chi connectivity index (χ4v) is 4.01. The van der Waals surface area contributed by atoms with Crippen LogP contribution in [0.3, 0.4) is 0 Å². The van der Waals surface area contributed by atoms with Gasteiger partial charge in [-0.05, 0) is 42.3 Å². The molecule has 0 N–H and O–H groups in total. The average Bonchev–Trinajstić information content (AvgIpc) is 3.39. The van der Waals surface area contributed by atoms with Gasteiger partial charge in [0.15, 0.2) is 0 Å².